The Balaban J connectivity index is 1.50. The number of ether oxygens (including phenoxy) is 2. The maximum atomic E-state index is 12.0. The molecule has 0 saturated heterocycles. The van der Waals surface area contributed by atoms with Gasteiger partial charge in [0.1, 0.15) is 11.5 Å². The summed E-state index contributed by atoms with van der Waals surface area (Å²) in [5.74, 6) is 2.12. The molecule has 6 heteroatoms. The van der Waals surface area contributed by atoms with E-state index in [-0.39, 0.29) is 12.4 Å². The molecule has 0 amide bonds. The van der Waals surface area contributed by atoms with Crippen molar-refractivity contribution in [3.8, 4) is 22.9 Å². The number of carbonyl (C=O) groups is 1. The molecule has 0 aliphatic rings. The lowest BCUT2D eigenvalue weighted by atomic mass is 10.1. The zero-order valence-electron chi connectivity index (χ0n) is 15.7. The minimum absolute atomic E-state index is 0.267. The molecule has 140 valence electrons. The van der Waals surface area contributed by atoms with E-state index >= 15 is 0 Å². The van der Waals surface area contributed by atoms with Gasteiger partial charge in [-0.25, -0.2) is 0 Å². The molecule has 0 aliphatic heterocycles. The lowest BCUT2D eigenvalue weighted by molar-refractivity contribution is -0.134. The summed E-state index contributed by atoms with van der Waals surface area (Å²) in [4.78, 5) is 16.4. The van der Waals surface area contributed by atoms with Crippen LogP contribution in [-0.4, -0.2) is 23.2 Å². The summed E-state index contributed by atoms with van der Waals surface area (Å²) in [5.41, 5.74) is 2.93. The molecule has 0 radical (unpaired) electrons. The van der Waals surface area contributed by atoms with Gasteiger partial charge in [0.05, 0.1) is 7.11 Å². The van der Waals surface area contributed by atoms with Crippen LogP contribution in [0.25, 0.3) is 11.4 Å². The number of esters is 1. The average Bonchev–Trinajstić information content (AvgIpc) is 3.13. The maximum absolute atomic E-state index is 12.0. The predicted molar refractivity (Wildman–Crippen MR) is 101 cm³/mol. The van der Waals surface area contributed by atoms with E-state index < -0.39 is 0 Å². The molecule has 0 fully saturated rings. The van der Waals surface area contributed by atoms with Crippen molar-refractivity contribution in [2.75, 3.05) is 7.11 Å². The van der Waals surface area contributed by atoms with E-state index in [1.807, 2.05) is 56.3 Å². The fraction of sp³-hybridized carbons (Fsp3) is 0.286. The highest BCUT2D eigenvalue weighted by atomic mass is 16.5. The van der Waals surface area contributed by atoms with E-state index in [4.69, 9.17) is 14.0 Å². The van der Waals surface area contributed by atoms with Gasteiger partial charge < -0.3 is 14.0 Å². The Hall–Kier alpha value is -3.15. The summed E-state index contributed by atoms with van der Waals surface area (Å²) in [6.45, 7) is 3.93. The number of aromatic nitrogens is 2. The third kappa shape index (κ3) is 4.94. The predicted octanol–water partition coefficient (Wildman–Crippen LogP) is 4.29. The van der Waals surface area contributed by atoms with Gasteiger partial charge in [-0.1, -0.05) is 22.9 Å². The molecule has 1 heterocycles. The van der Waals surface area contributed by atoms with Crippen LogP contribution in [0.2, 0.25) is 0 Å². The molecule has 2 aromatic carbocycles. The van der Waals surface area contributed by atoms with E-state index in [0.29, 0.717) is 30.3 Å². The number of carbonyl (C=O) groups excluding carboxylic acids is 1. The van der Waals surface area contributed by atoms with Gasteiger partial charge in [0, 0.05) is 18.4 Å². The van der Waals surface area contributed by atoms with Crippen LogP contribution < -0.4 is 9.47 Å². The van der Waals surface area contributed by atoms with Gasteiger partial charge in [-0.05, 0) is 56.2 Å². The Labute approximate surface area is 158 Å². The van der Waals surface area contributed by atoms with E-state index in [1.54, 1.807) is 7.11 Å². The summed E-state index contributed by atoms with van der Waals surface area (Å²) in [7, 11) is 1.62. The van der Waals surface area contributed by atoms with Crippen molar-refractivity contribution >= 4 is 5.97 Å². The first-order valence-corrected chi connectivity index (χ1v) is 8.80. The quantitative estimate of drug-likeness (QED) is 0.459. The second-order valence-corrected chi connectivity index (χ2v) is 6.34. The molecule has 0 atom stereocenters. The second-order valence-electron chi connectivity index (χ2n) is 6.34. The zero-order chi connectivity index (χ0) is 19.2. The van der Waals surface area contributed by atoms with Crippen molar-refractivity contribution in [3.05, 3.63) is 59.5 Å². The zero-order valence-corrected chi connectivity index (χ0v) is 15.7. The SMILES string of the molecule is COc1ccc(-c2noc(CCCC(=O)Oc3ccc(C)cc3C)n2)cc1. The highest BCUT2D eigenvalue weighted by Gasteiger charge is 2.11. The molecule has 3 rings (SSSR count). The average molecular weight is 366 g/mol. The molecule has 0 unspecified atom stereocenters. The smallest absolute Gasteiger partial charge is 0.311 e. The van der Waals surface area contributed by atoms with Gasteiger partial charge in [0.25, 0.3) is 0 Å². The van der Waals surface area contributed by atoms with Gasteiger partial charge in [0.15, 0.2) is 0 Å². The number of aryl methyl sites for hydroxylation is 3. The highest BCUT2D eigenvalue weighted by Crippen LogP contribution is 2.21. The molecular weight excluding hydrogens is 344 g/mol. The van der Waals surface area contributed by atoms with Gasteiger partial charge in [-0.2, -0.15) is 4.98 Å². The topological polar surface area (TPSA) is 74.5 Å². The first-order valence-electron chi connectivity index (χ1n) is 8.80. The Bertz CT molecular complexity index is 916. The van der Waals surface area contributed by atoms with Gasteiger partial charge >= 0.3 is 5.97 Å². The van der Waals surface area contributed by atoms with E-state index in [2.05, 4.69) is 10.1 Å². The van der Waals surface area contributed by atoms with Crippen LogP contribution in [-0.2, 0) is 11.2 Å². The fourth-order valence-electron chi connectivity index (χ4n) is 2.69. The molecule has 0 spiro atoms. The first kappa shape index (κ1) is 18.6. The third-order valence-electron chi connectivity index (χ3n) is 4.14. The Morgan fingerprint density at radius 1 is 1.11 bits per heavy atom. The summed E-state index contributed by atoms with van der Waals surface area (Å²) >= 11 is 0. The molecule has 0 aliphatic carbocycles. The summed E-state index contributed by atoms with van der Waals surface area (Å²) < 4.78 is 15.8. The van der Waals surface area contributed by atoms with Crippen LogP contribution >= 0.6 is 0 Å². The standard InChI is InChI=1S/C21H22N2O4/c1-14-7-12-18(15(2)13-14)26-20(24)6-4-5-19-22-21(23-27-19)16-8-10-17(25-3)11-9-16/h7-13H,4-6H2,1-3H3. The fourth-order valence-corrected chi connectivity index (χ4v) is 2.69. The number of hydrogen-bond acceptors (Lipinski definition) is 6. The van der Waals surface area contributed by atoms with Crippen molar-refractivity contribution in [1.29, 1.82) is 0 Å². The summed E-state index contributed by atoms with van der Waals surface area (Å²) in [6, 6.07) is 13.2. The van der Waals surface area contributed by atoms with Crippen molar-refractivity contribution in [3.63, 3.8) is 0 Å². The number of nitrogens with zero attached hydrogens (tertiary/aromatic N) is 2. The van der Waals surface area contributed by atoms with Crippen molar-refractivity contribution < 1.29 is 18.8 Å². The van der Waals surface area contributed by atoms with E-state index in [9.17, 15) is 4.79 Å². The van der Waals surface area contributed by atoms with Crippen LogP contribution in [0.3, 0.4) is 0 Å². The van der Waals surface area contributed by atoms with Crippen LogP contribution in [0.15, 0.2) is 47.0 Å². The molecule has 27 heavy (non-hydrogen) atoms. The Morgan fingerprint density at radius 3 is 2.59 bits per heavy atom. The van der Waals surface area contributed by atoms with Crippen LogP contribution in [0.4, 0.5) is 0 Å². The monoisotopic (exact) mass is 366 g/mol. The third-order valence-corrected chi connectivity index (χ3v) is 4.14. The van der Waals surface area contributed by atoms with Crippen LogP contribution in [0, 0.1) is 13.8 Å². The Morgan fingerprint density at radius 2 is 1.89 bits per heavy atom. The number of hydrogen-bond donors (Lipinski definition) is 0. The van der Waals surface area contributed by atoms with Gasteiger partial charge in [-0.15, -0.1) is 0 Å². The first-order chi connectivity index (χ1) is 13.0. The number of benzene rings is 2. The highest BCUT2D eigenvalue weighted by molar-refractivity contribution is 5.72. The number of methoxy groups -OCH3 is 1. The minimum atomic E-state index is -0.267. The second kappa shape index (κ2) is 8.49. The van der Waals surface area contributed by atoms with Crippen LogP contribution in [0.5, 0.6) is 11.5 Å². The lowest BCUT2D eigenvalue weighted by Crippen LogP contribution is -2.09. The number of rotatable bonds is 7. The van der Waals surface area contributed by atoms with E-state index in [0.717, 1.165) is 22.4 Å². The van der Waals surface area contributed by atoms with Gasteiger partial charge in [0.2, 0.25) is 11.7 Å². The minimum Gasteiger partial charge on any atom is -0.497 e. The van der Waals surface area contributed by atoms with Crippen molar-refractivity contribution in [2.24, 2.45) is 0 Å². The molecule has 6 nitrogen and oxygen atoms in total. The summed E-state index contributed by atoms with van der Waals surface area (Å²) in [6.07, 6.45) is 1.38. The van der Waals surface area contributed by atoms with Crippen molar-refractivity contribution in [2.45, 2.75) is 33.1 Å². The van der Waals surface area contributed by atoms with E-state index in [1.165, 1.54) is 0 Å². The maximum Gasteiger partial charge on any atom is 0.311 e. The summed E-state index contributed by atoms with van der Waals surface area (Å²) in [5, 5.41) is 3.98. The van der Waals surface area contributed by atoms with Crippen LogP contribution in [0.1, 0.15) is 29.9 Å². The molecule has 0 N–H and O–H groups in total. The van der Waals surface area contributed by atoms with Crippen molar-refractivity contribution in [1.82, 2.24) is 10.1 Å². The largest absolute Gasteiger partial charge is 0.497 e. The molecule has 1 aromatic heterocycles. The molecule has 3 aromatic rings. The molecular formula is C21H22N2O4. The molecule has 0 saturated carbocycles. The molecule has 0 bridgehead atoms. The van der Waals surface area contributed by atoms with Gasteiger partial charge in [-0.3, -0.25) is 4.79 Å². The Kier molecular flexibility index (Phi) is 5.86. The lowest BCUT2D eigenvalue weighted by Gasteiger charge is -2.07. The normalized spacial score (nSPS) is 10.6.